The van der Waals surface area contributed by atoms with E-state index in [2.05, 4.69) is 5.32 Å². The highest BCUT2D eigenvalue weighted by Gasteiger charge is 2.31. The molecule has 9 heteroatoms. The summed E-state index contributed by atoms with van der Waals surface area (Å²) in [4.78, 5) is 26.6. The van der Waals surface area contributed by atoms with E-state index in [1.807, 2.05) is 37.3 Å². The molecule has 2 aliphatic rings. The minimum atomic E-state index is -2.21. The van der Waals surface area contributed by atoms with Gasteiger partial charge in [-0.25, -0.2) is 9.00 Å². The largest absolute Gasteiger partial charge is 0.450 e. The van der Waals surface area contributed by atoms with E-state index in [1.165, 1.54) is 10.7 Å². The third kappa shape index (κ3) is 5.78. The van der Waals surface area contributed by atoms with Crippen LogP contribution in [0.4, 0.5) is 16.2 Å². The average Bonchev–Trinajstić information content (AvgIpc) is 2.86. The zero-order valence-corrected chi connectivity index (χ0v) is 21.3. The van der Waals surface area contributed by atoms with Gasteiger partial charge >= 0.3 is 6.09 Å². The van der Waals surface area contributed by atoms with Crippen LogP contribution in [0.25, 0.3) is 10.8 Å². The van der Waals surface area contributed by atoms with Crippen LogP contribution in [0, 0.1) is 12.8 Å². The van der Waals surface area contributed by atoms with Gasteiger partial charge in [-0.3, -0.25) is 13.7 Å². The molecular weight excluding hydrogens is 466 g/mol. The highest BCUT2D eigenvalue weighted by atomic mass is 32.2. The first-order valence-corrected chi connectivity index (χ1v) is 13.6. The number of likely N-dealkylation sites (tertiary alicyclic amines) is 1. The predicted molar refractivity (Wildman–Crippen MR) is 139 cm³/mol. The van der Waals surface area contributed by atoms with Crippen LogP contribution in [0.3, 0.4) is 0 Å². The van der Waals surface area contributed by atoms with Gasteiger partial charge in [0, 0.05) is 30.4 Å². The second-order valence-corrected chi connectivity index (χ2v) is 10.3. The molecule has 2 aromatic rings. The number of rotatable bonds is 6. The summed E-state index contributed by atoms with van der Waals surface area (Å²) < 4.78 is 29.1. The van der Waals surface area contributed by atoms with Gasteiger partial charge in [-0.1, -0.05) is 37.5 Å². The monoisotopic (exact) mass is 501 g/mol. The van der Waals surface area contributed by atoms with E-state index in [9.17, 15) is 18.4 Å². The smallest absolute Gasteiger partial charge is 0.409 e. The van der Waals surface area contributed by atoms with E-state index in [0.29, 0.717) is 38.2 Å². The maximum atomic E-state index is 12.9. The van der Waals surface area contributed by atoms with Gasteiger partial charge < -0.3 is 15.0 Å². The molecule has 2 amide bonds. The van der Waals surface area contributed by atoms with Crippen molar-refractivity contribution < 1.29 is 23.1 Å². The van der Waals surface area contributed by atoms with Crippen molar-refractivity contribution in [2.45, 2.75) is 64.8 Å². The fourth-order valence-corrected chi connectivity index (χ4v) is 6.01. The molecule has 0 aromatic heterocycles. The predicted octanol–water partition coefficient (Wildman–Crippen LogP) is 5.23. The van der Waals surface area contributed by atoms with E-state index in [4.69, 9.17) is 4.74 Å². The van der Waals surface area contributed by atoms with Crippen molar-refractivity contribution in [2.24, 2.45) is 5.92 Å². The Morgan fingerprint density at radius 2 is 1.83 bits per heavy atom. The number of hydrogen-bond acceptors (Lipinski definition) is 4. The Bertz CT molecular complexity index is 1090. The summed E-state index contributed by atoms with van der Waals surface area (Å²) in [6.45, 7) is 5.03. The van der Waals surface area contributed by atoms with Crippen molar-refractivity contribution in [1.29, 1.82) is 0 Å². The molecule has 1 atom stereocenters. The SMILES string of the molecule is CCOC(=O)N1CCC(N(c2ccc3c(NC(=O)C4CCCCC4)c(C)ccc3c2)S(=O)O)CC1. The summed E-state index contributed by atoms with van der Waals surface area (Å²) >= 11 is -2.21. The van der Waals surface area contributed by atoms with Crippen LogP contribution in [0.1, 0.15) is 57.4 Å². The first kappa shape index (κ1) is 25.4. The summed E-state index contributed by atoms with van der Waals surface area (Å²) in [5.74, 6) is 0.140. The molecule has 1 aliphatic heterocycles. The van der Waals surface area contributed by atoms with Crippen LogP contribution in [-0.2, 0) is 20.8 Å². The molecule has 1 unspecified atom stereocenters. The number of fused-ring (bicyclic) bond motifs is 1. The molecular formula is C26H35N3O5S. The number of ether oxygens (including phenoxy) is 1. The van der Waals surface area contributed by atoms with Crippen molar-refractivity contribution in [3.05, 3.63) is 35.9 Å². The first-order chi connectivity index (χ1) is 16.9. The third-order valence-corrected chi connectivity index (χ3v) is 8.03. The highest BCUT2D eigenvalue weighted by Crippen LogP contribution is 2.34. The van der Waals surface area contributed by atoms with E-state index in [1.54, 1.807) is 11.8 Å². The average molecular weight is 502 g/mol. The van der Waals surface area contributed by atoms with Crippen molar-refractivity contribution in [3.63, 3.8) is 0 Å². The van der Waals surface area contributed by atoms with Crippen molar-refractivity contribution in [1.82, 2.24) is 4.90 Å². The summed E-state index contributed by atoms with van der Waals surface area (Å²) in [5, 5.41) is 4.98. The molecule has 190 valence electrons. The Balaban J connectivity index is 1.55. The van der Waals surface area contributed by atoms with Crippen LogP contribution >= 0.6 is 0 Å². The maximum absolute atomic E-state index is 12.9. The molecule has 35 heavy (non-hydrogen) atoms. The molecule has 0 radical (unpaired) electrons. The lowest BCUT2D eigenvalue weighted by Crippen LogP contribution is -2.47. The number of anilines is 2. The van der Waals surface area contributed by atoms with Crippen LogP contribution < -0.4 is 9.62 Å². The summed E-state index contributed by atoms with van der Waals surface area (Å²) in [5.41, 5.74) is 2.44. The lowest BCUT2D eigenvalue weighted by atomic mass is 9.88. The Morgan fingerprint density at radius 3 is 2.49 bits per heavy atom. The molecule has 1 saturated carbocycles. The van der Waals surface area contributed by atoms with Crippen molar-refractivity contribution in [2.75, 3.05) is 29.3 Å². The molecule has 1 aliphatic carbocycles. The standard InChI is InChI=1S/C26H35N3O5S/c1-3-34-26(31)28-15-13-21(14-16-28)29(35(32)33)22-11-12-23-20(17-22)10-9-18(2)24(23)27-25(30)19-7-5-4-6-8-19/h9-12,17,19,21H,3-8,13-16H2,1-2H3,(H,27,30)(H,32,33). The summed E-state index contributed by atoms with van der Waals surface area (Å²) in [6, 6.07) is 9.43. The number of carbonyl (C=O) groups excluding carboxylic acids is 2. The molecule has 2 aromatic carbocycles. The van der Waals surface area contributed by atoms with Crippen molar-refractivity contribution in [3.8, 4) is 0 Å². The number of hydrogen-bond donors (Lipinski definition) is 2. The molecule has 0 bridgehead atoms. The van der Waals surface area contributed by atoms with Gasteiger partial charge in [-0.15, -0.1) is 0 Å². The van der Waals surface area contributed by atoms with Gasteiger partial charge in [-0.2, -0.15) is 0 Å². The third-order valence-electron chi connectivity index (χ3n) is 7.18. The van der Waals surface area contributed by atoms with Crippen LogP contribution in [0.5, 0.6) is 0 Å². The van der Waals surface area contributed by atoms with Crippen LogP contribution in [0.2, 0.25) is 0 Å². The minimum Gasteiger partial charge on any atom is -0.450 e. The van der Waals surface area contributed by atoms with Gasteiger partial charge in [-0.05, 0) is 62.6 Å². The summed E-state index contributed by atoms with van der Waals surface area (Å²) in [6.07, 6.45) is 6.07. The number of amides is 2. The van der Waals surface area contributed by atoms with E-state index < -0.39 is 11.3 Å². The van der Waals surface area contributed by atoms with Crippen LogP contribution in [-0.4, -0.2) is 51.4 Å². The molecule has 4 rings (SSSR count). The van der Waals surface area contributed by atoms with E-state index in [-0.39, 0.29) is 24.0 Å². The highest BCUT2D eigenvalue weighted by molar-refractivity contribution is 7.80. The van der Waals surface area contributed by atoms with E-state index in [0.717, 1.165) is 47.7 Å². The summed E-state index contributed by atoms with van der Waals surface area (Å²) in [7, 11) is 0. The number of piperidine rings is 1. The van der Waals surface area contributed by atoms with Gasteiger partial charge in [0.2, 0.25) is 5.91 Å². The Morgan fingerprint density at radius 1 is 1.11 bits per heavy atom. The molecule has 0 spiro atoms. The zero-order chi connectivity index (χ0) is 24.9. The molecule has 8 nitrogen and oxygen atoms in total. The molecule has 2 fully saturated rings. The van der Waals surface area contributed by atoms with E-state index >= 15 is 0 Å². The number of nitrogens with one attached hydrogen (secondary N) is 1. The Labute approximate surface area is 209 Å². The Hall–Kier alpha value is -2.65. The topological polar surface area (TPSA) is 99.2 Å². The number of nitrogens with zero attached hydrogens (tertiary/aromatic N) is 2. The van der Waals surface area contributed by atoms with Gasteiger partial charge in [0.05, 0.1) is 18.0 Å². The first-order valence-electron chi connectivity index (χ1n) is 12.5. The second kappa shape index (κ2) is 11.4. The van der Waals surface area contributed by atoms with Gasteiger partial charge in [0.15, 0.2) is 0 Å². The lowest BCUT2D eigenvalue weighted by Gasteiger charge is -2.37. The van der Waals surface area contributed by atoms with Gasteiger partial charge in [0.1, 0.15) is 0 Å². The minimum absolute atomic E-state index is 0.0606. The number of aryl methyl sites for hydroxylation is 1. The fraction of sp³-hybridized carbons (Fsp3) is 0.538. The lowest BCUT2D eigenvalue weighted by molar-refractivity contribution is -0.120. The second-order valence-electron chi connectivity index (χ2n) is 9.46. The quantitative estimate of drug-likeness (QED) is 0.528. The maximum Gasteiger partial charge on any atom is 0.409 e. The molecule has 1 heterocycles. The molecule has 2 N–H and O–H groups in total. The zero-order valence-electron chi connectivity index (χ0n) is 20.5. The normalized spacial score (nSPS) is 18.3. The fourth-order valence-electron chi connectivity index (χ4n) is 5.25. The van der Waals surface area contributed by atoms with Crippen molar-refractivity contribution >= 4 is 45.4 Å². The molecule has 1 saturated heterocycles. The van der Waals surface area contributed by atoms with Gasteiger partial charge in [0.25, 0.3) is 11.3 Å². The Kier molecular flexibility index (Phi) is 8.28. The number of carbonyl (C=O) groups is 2. The number of benzene rings is 2. The van der Waals surface area contributed by atoms with Crippen LogP contribution in [0.15, 0.2) is 30.3 Å².